The Kier molecular flexibility index (Phi) is 5.70. The van der Waals surface area contributed by atoms with Gasteiger partial charge >= 0.3 is 0 Å². The summed E-state index contributed by atoms with van der Waals surface area (Å²) in [6.07, 6.45) is 1.82. The van der Waals surface area contributed by atoms with Gasteiger partial charge in [0.25, 0.3) is 5.91 Å². The number of ether oxygens (including phenoxy) is 1. The minimum absolute atomic E-state index is 0.202. The molecule has 0 bridgehead atoms. The molecule has 7 nitrogen and oxygen atoms in total. The van der Waals surface area contributed by atoms with Crippen LogP contribution in [0.2, 0.25) is 0 Å². The maximum absolute atomic E-state index is 13.2. The molecule has 0 spiro atoms. The largest absolute Gasteiger partial charge is 0.497 e. The van der Waals surface area contributed by atoms with E-state index in [1.165, 1.54) is 24.3 Å². The maximum Gasteiger partial charge on any atom is 0.254 e. The lowest BCUT2D eigenvalue weighted by Gasteiger charge is -2.31. The van der Waals surface area contributed by atoms with Crippen LogP contribution in [0.5, 0.6) is 5.75 Å². The van der Waals surface area contributed by atoms with Gasteiger partial charge in [0, 0.05) is 44.0 Å². The van der Waals surface area contributed by atoms with Crippen LogP contribution in [0.25, 0.3) is 0 Å². The Balaban J connectivity index is 1.51. The fourth-order valence-corrected chi connectivity index (χ4v) is 3.74. The lowest BCUT2D eigenvalue weighted by molar-refractivity contribution is -0.123. The molecule has 0 unspecified atom stereocenters. The van der Waals surface area contributed by atoms with Crippen LogP contribution in [0.15, 0.2) is 54.7 Å². The molecule has 31 heavy (non-hydrogen) atoms. The van der Waals surface area contributed by atoms with E-state index in [9.17, 15) is 14.0 Å². The minimum atomic E-state index is -0.590. The molecule has 2 aromatic carbocycles. The first-order chi connectivity index (χ1) is 14.9. The summed E-state index contributed by atoms with van der Waals surface area (Å²) in [5.74, 6) is -0.696. The summed E-state index contributed by atoms with van der Waals surface area (Å²) < 4.78 is 20.0. The van der Waals surface area contributed by atoms with Crippen molar-refractivity contribution in [2.24, 2.45) is 7.05 Å². The molecular weight excluding hydrogens is 399 g/mol. The molecule has 0 fully saturated rings. The monoisotopic (exact) mass is 422 g/mol. The number of benzene rings is 2. The van der Waals surface area contributed by atoms with Gasteiger partial charge in [0.1, 0.15) is 11.6 Å². The van der Waals surface area contributed by atoms with E-state index in [2.05, 4.69) is 10.4 Å². The first-order valence-electron chi connectivity index (χ1n) is 9.92. The van der Waals surface area contributed by atoms with E-state index in [-0.39, 0.29) is 18.4 Å². The van der Waals surface area contributed by atoms with Crippen molar-refractivity contribution in [3.63, 3.8) is 0 Å². The van der Waals surface area contributed by atoms with Crippen LogP contribution < -0.4 is 10.1 Å². The second-order valence-electron chi connectivity index (χ2n) is 7.52. The van der Waals surface area contributed by atoms with Gasteiger partial charge in [-0.25, -0.2) is 4.39 Å². The lowest BCUT2D eigenvalue weighted by atomic mass is 9.95. The molecule has 0 aliphatic carbocycles. The van der Waals surface area contributed by atoms with Crippen LogP contribution >= 0.6 is 0 Å². The molecule has 0 radical (unpaired) electrons. The number of rotatable bonds is 5. The highest BCUT2D eigenvalue weighted by atomic mass is 19.1. The van der Waals surface area contributed by atoms with Crippen LogP contribution in [-0.4, -0.2) is 40.1 Å². The summed E-state index contributed by atoms with van der Waals surface area (Å²) >= 11 is 0. The molecule has 8 heteroatoms. The summed E-state index contributed by atoms with van der Waals surface area (Å²) in [4.78, 5) is 27.6. The summed E-state index contributed by atoms with van der Waals surface area (Å²) in [7, 11) is 3.39. The number of carbonyl (C=O) groups excluding carboxylic acids is 2. The van der Waals surface area contributed by atoms with Crippen molar-refractivity contribution in [1.82, 2.24) is 20.0 Å². The van der Waals surface area contributed by atoms with Crippen LogP contribution in [0.4, 0.5) is 4.39 Å². The molecule has 1 N–H and O–H groups in total. The Morgan fingerprint density at radius 3 is 2.55 bits per heavy atom. The Morgan fingerprint density at radius 2 is 1.87 bits per heavy atom. The van der Waals surface area contributed by atoms with Gasteiger partial charge in [-0.15, -0.1) is 0 Å². The summed E-state index contributed by atoms with van der Waals surface area (Å²) in [6, 6.07) is 12.9. The predicted octanol–water partition coefficient (Wildman–Crippen LogP) is 2.62. The SMILES string of the molecule is COc1ccc(CNC(=O)[C@H]2CN(C(=O)c3ccc(F)cc3)Cc3cn(C)nc32)cc1. The maximum atomic E-state index is 13.2. The Hall–Kier alpha value is -3.68. The van der Waals surface area contributed by atoms with Crippen LogP contribution in [0.3, 0.4) is 0 Å². The van der Waals surface area contributed by atoms with E-state index in [1.807, 2.05) is 30.5 Å². The van der Waals surface area contributed by atoms with Crippen molar-refractivity contribution in [2.45, 2.75) is 19.0 Å². The zero-order chi connectivity index (χ0) is 22.0. The normalized spacial score (nSPS) is 15.3. The van der Waals surface area contributed by atoms with E-state index < -0.39 is 11.7 Å². The van der Waals surface area contributed by atoms with Gasteiger partial charge in [-0.05, 0) is 42.0 Å². The van der Waals surface area contributed by atoms with Crippen LogP contribution in [0, 0.1) is 5.82 Å². The van der Waals surface area contributed by atoms with E-state index >= 15 is 0 Å². The topological polar surface area (TPSA) is 76.5 Å². The van der Waals surface area contributed by atoms with Crippen molar-refractivity contribution >= 4 is 11.8 Å². The van der Waals surface area contributed by atoms with E-state index in [0.29, 0.717) is 24.3 Å². The predicted molar refractivity (Wildman–Crippen MR) is 112 cm³/mol. The van der Waals surface area contributed by atoms with Gasteiger partial charge < -0.3 is 15.0 Å². The van der Waals surface area contributed by atoms with Crippen molar-refractivity contribution in [1.29, 1.82) is 0 Å². The van der Waals surface area contributed by atoms with Gasteiger partial charge in [0.15, 0.2) is 0 Å². The quantitative estimate of drug-likeness (QED) is 0.686. The zero-order valence-corrected chi connectivity index (χ0v) is 17.3. The molecule has 1 atom stereocenters. The van der Waals surface area contributed by atoms with E-state index in [0.717, 1.165) is 16.9 Å². The lowest BCUT2D eigenvalue weighted by Crippen LogP contribution is -2.43. The zero-order valence-electron chi connectivity index (χ0n) is 17.3. The fourth-order valence-electron chi connectivity index (χ4n) is 3.74. The van der Waals surface area contributed by atoms with Gasteiger partial charge in [-0.3, -0.25) is 14.3 Å². The molecular formula is C23H23FN4O3. The third-order valence-electron chi connectivity index (χ3n) is 5.35. The number of aryl methyl sites for hydroxylation is 1. The molecule has 4 rings (SSSR count). The number of methoxy groups -OCH3 is 1. The van der Waals surface area contributed by atoms with Crippen molar-refractivity contribution in [2.75, 3.05) is 13.7 Å². The molecule has 0 saturated heterocycles. The minimum Gasteiger partial charge on any atom is -0.497 e. The number of fused-ring (bicyclic) bond motifs is 1. The summed E-state index contributed by atoms with van der Waals surface area (Å²) in [5, 5.41) is 7.41. The number of hydrogen-bond acceptors (Lipinski definition) is 4. The third kappa shape index (κ3) is 4.42. The van der Waals surface area contributed by atoms with Crippen LogP contribution in [-0.2, 0) is 24.9 Å². The molecule has 3 aromatic rings. The standard InChI is InChI=1S/C23H23FN4O3/c1-27-12-17-13-28(23(30)16-5-7-18(24)8-6-16)14-20(21(17)26-27)22(29)25-11-15-3-9-19(31-2)10-4-15/h3-10,12,20H,11,13-14H2,1-2H3,(H,25,29)/t20-/m0/s1. The second kappa shape index (κ2) is 8.59. The molecule has 160 valence electrons. The highest BCUT2D eigenvalue weighted by Gasteiger charge is 2.35. The highest BCUT2D eigenvalue weighted by Crippen LogP contribution is 2.28. The average Bonchev–Trinajstić information content (AvgIpc) is 3.17. The molecule has 1 aromatic heterocycles. The first-order valence-corrected chi connectivity index (χ1v) is 9.92. The number of aromatic nitrogens is 2. The van der Waals surface area contributed by atoms with E-state index in [4.69, 9.17) is 4.74 Å². The third-order valence-corrected chi connectivity index (χ3v) is 5.35. The van der Waals surface area contributed by atoms with Gasteiger partial charge in [-0.2, -0.15) is 5.10 Å². The smallest absolute Gasteiger partial charge is 0.254 e. The van der Waals surface area contributed by atoms with Crippen molar-refractivity contribution in [3.8, 4) is 5.75 Å². The van der Waals surface area contributed by atoms with Gasteiger partial charge in [0.05, 0.1) is 18.7 Å². The number of carbonyl (C=O) groups is 2. The summed E-state index contributed by atoms with van der Waals surface area (Å²) in [6.45, 7) is 0.906. The number of amides is 2. The molecule has 2 amide bonds. The number of nitrogens with one attached hydrogen (secondary N) is 1. The highest BCUT2D eigenvalue weighted by molar-refractivity contribution is 5.95. The second-order valence-corrected chi connectivity index (χ2v) is 7.52. The summed E-state index contributed by atoms with van der Waals surface area (Å²) in [5.41, 5.74) is 2.82. The van der Waals surface area contributed by atoms with Gasteiger partial charge in [0.2, 0.25) is 5.91 Å². The van der Waals surface area contributed by atoms with E-state index in [1.54, 1.807) is 23.7 Å². The number of halogens is 1. The first kappa shape index (κ1) is 20.6. The Labute approximate surface area is 179 Å². The fraction of sp³-hybridized carbons (Fsp3) is 0.261. The average molecular weight is 422 g/mol. The van der Waals surface area contributed by atoms with Crippen molar-refractivity contribution in [3.05, 3.63) is 82.9 Å². The Bertz CT molecular complexity index is 1090. The number of hydrogen-bond donors (Lipinski definition) is 1. The molecule has 1 aliphatic rings. The van der Waals surface area contributed by atoms with Gasteiger partial charge in [-0.1, -0.05) is 12.1 Å². The molecule has 2 heterocycles. The Morgan fingerprint density at radius 1 is 1.16 bits per heavy atom. The molecule has 1 aliphatic heterocycles. The van der Waals surface area contributed by atoms with Crippen LogP contribution in [0.1, 0.15) is 33.1 Å². The van der Waals surface area contributed by atoms with Crippen molar-refractivity contribution < 1.29 is 18.7 Å². The number of nitrogens with zero attached hydrogens (tertiary/aromatic N) is 3. The molecule has 0 saturated carbocycles.